The summed E-state index contributed by atoms with van der Waals surface area (Å²) in [7, 11) is 0.316. The van der Waals surface area contributed by atoms with Gasteiger partial charge >= 0.3 is 0 Å². The number of benzene rings is 2. The summed E-state index contributed by atoms with van der Waals surface area (Å²) in [5.41, 5.74) is 2.97. The first-order valence-electron chi connectivity index (χ1n) is 9.97. The van der Waals surface area contributed by atoms with E-state index in [4.69, 9.17) is 9.26 Å². The Bertz CT molecular complexity index is 774. The molecule has 1 fully saturated rings. The average Bonchev–Trinajstić information content (AvgIpc) is 2.78. The molecular weight excluding hydrogens is 387 g/mol. The molecule has 0 radical (unpaired) electrons. The molecule has 2 aromatic rings. The van der Waals surface area contributed by atoms with Gasteiger partial charge in [0.1, 0.15) is 5.75 Å². The quantitative estimate of drug-likeness (QED) is 0.667. The molecule has 1 saturated heterocycles. The second kappa shape index (κ2) is 10.6. The number of ether oxygens (including phenoxy) is 1. The van der Waals surface area contributed by atoms with Crippen LogP contribution in [0, 0.1) is 0 Å². The molecule has 1 aliphatic heterocycles. The highest BCUT2D eigenvalue weighted by molar-refractivity contribution is 7.46. The number of piperazine rings is 1. The number of carbonyl (C=O) groups is 1. The molecule has 1 amide bonds. The van der Waals surface area contributed by atoms with Crippen molar-refractivity contribution >= 4 is 20.0 Å². The number of hydrogen-bond acceptors (Lipinski definition) is 5. The van der Waals surface area contributed by atoms with Crippen LogP contribution in [0.1, 0.15) is 22.8 Å². The highest BCUT2D eigenvalue weighted by atomic mass is 31.2. The van der Waals surface area contributed by atoms with E-state index in [0.29, 0.717) is 31.4 Å². The van der Waals surface area contributed by atoms with Gasteiger partial charge in [-0.25, -0.2) is 0 Å². The third-order valence-corrected chi connectivity index (χ3v) is 6.24. The minimum absolute atomic E-state index is 0.0738. The molecule has 1 N–H and O–H groups in total. The van der Waals surface area contributed by atoms with Crippen LogP contribution < -0.4 is 9.64 Å². The van der Waals surface area contributed by atoms with Crippen molar-refractivity contribution in [2.24, 2.45) is 0 Å². The van der Waals surface area contributed by atoms with Crippen LogP contribution >= 0.6 is 8.38 Å². The van der Waals surface area contributed by atoms with E-state index < -0.39 is 8.38 Å². The molecule has 29 heavy (non-hydrogen) atoms. The van der Waals surface area contributed by atoms with Crippen LogP contribution in [0.25, 0.3) is 0 Å². The lowest BCUT2D eigenvalue weighted by Gasteiger charge is -2.36. The maximum absolute atomic E-state index is 12.8. The molecule has 0 aliphatic carbocycles. The van der Waals surface area contributed by atoms with E-state index in [1.54, 1.807) is 7.11 Å². The molecule has 0 spiro atoms. The Morgan fingerprint density at radius 2 is 1.69 bits per heavy atom. The maximum atomic E-state index is 12.8. The number of methoxy groups -OCH3 is 1. The van der Waals surface area contributed by atoms with E-state index in [0.717, 1.165) is 36.5 Å². The fourth-order valence-corrected chi connectivity index (χ4v) is 4.27. The van der Waals surface area contributed by atoms with E-state index in [1.807, 2.05) is 48.2 Å². The zero-order chi connectivity index (χ0) is 20.6. The summed E-state index contributed by atoms with van der Waals surface area (Å²) < 4.78 is 10.4. The molecular formula is C22H29N2O4P. The zero-order valence-electron chi connectivity index (χ0n) is 17.1. The van der Waals surface area contributed by atoms with Crippen LogP contribution in [-0.4, -0.2) is 61.8 Å². The van der Waals surface area contributed by atoms with Crippen LogP contribution in [0.2, 0.25) is 0 Å². The van der Waals surface area contributed by atoms with E-state index in [9.17, 15) is 9.69 Å². The zero-order valence-corrected chi connectivity index (χ0v) is 18.0. The molecule has 0 saturated carbocycles. The van der Waals surface area contributed by atoms with Gasteiger partial charge in [0.15, 0.2) is 8.38 Å². The molecule has 0 bridgehead atoms. The topological polar surface area (TPSA) is 62.2 Å². The molecule has 2 aromatic carbocycles. The number of carbonyl (C=O) groups excluding carboxylic acids is 1. The van der Waals surface area contributed by atoms with Crippen molar-refractivity contribution in [3.05, 3.63) is 59.7 Å². The third kappa shape index (κ3) is 5.92. The van der Waals surface area contributed by atoms with Gasteiger partial charge in [-0.1, -0.05) is 12.1 Å². The van der Waals surface area contributed by atoms with E-state index >= 15 is 0 Å². The summed E-state index contributed by atoms with van der Waals surface area (Å²) in [4.78, 5) is 26.8. The van der Waals surface area contributed by atoms with Crippen molar-refractivity contribution < 1.29 is 18.9 Å². The van der Waals surface area contributed by atoms with Crippen LogP contribution in [0.3, 0.4) is 0 Å². The number of amides is 1. The highest BCUT2D eigenvalue weighted by Crippen LogP contribution is 2.31. The van der Waals surface area contributed by atoms with Gasteiger partial charge in [0.2, 0.25) is 0 Å². The van der Waals surface area contributed by atoms with Gasteiger partial charge in [-0.05, 0) is 55.3 Å². The lowest BCUT2D eigenvalue weighted by atomic mass is 10.1. The molecule has 7 heteroatoms. The Morgan fingerprint density at radius 3 is 2.28 bits per heavy atom. The van der Waals surface area contributed by atoms with Crippen molar-refractivity contribution in [1.29, 1.82) is 0 Å². The smallest absolute Gasteiger partial charge is 0.253 e. The van der Waals surface area contributed by atoms with Gasteiger partial charge in [0.25, 0.3) is 5.91 Å². The summed E-state index contributed by atoms with van der Waals surface area (Å²) >= 11 is 0. The van der Waals surface area contributed by atoms with Crippen LogP contribution in [0.5, 0.6) is 5.75 Å². The van der Waals surface area contributed by atoms with Gasteiger partial charge in [-0.3, -0.25) is 4.79 Å². The summed E-state index contributed by atoms with van der Waals surface area (Å²) in [5, 5.41) is 0. The molecule has 1 unspecified atom stereocenters. The van der Waals surface area contributed by atoms with Crippen LogP contribution in [0.15, 0.2) is 48.5 Å². The maximum Gasteiger partial charge on any atom is 0.253 e. The van der Waals surface area contributed by atoms with Gasteiger partial charge in [-0.15, -0.1) is 0 Å². The van der Waals surface area contributed by atoms with Gasteiger partial charge < -0.3 is 24.0 Å². The number of nitrogens with zero attached hydrogens (tertiary/aromatic N) is 2. The second-order valence-electron chi connectivity index (χ2n) is 6.92. The van der Waals surface area contributed by atoms with E-state index in [-0.39, 0.29) is 5.91 Å². The lowest BCUT2D eigenvalue weighted by molar-refractivity contribution is 0.0747. The SMILES string of the molecule is CCOP(O)CCc1ccc(C(=O)N2CCN(c3ccc(OC)cc3)CC2)cc1. The molecule has 6 nitrogen and oxygen atoms in total. The Hall–Kier alpha value is -2.14. The van der Waals surface area contributed by atoms with Crippen molar-refractivity contribution in [2.75, 3.05) is 51.0 Å². The summed E-state index contributed by atoms with van der Waals surface area (Å²) in [6.45, 7) is 5.44. The van der Waals surface area contributed by atoms with Crippen molar-refractivity contribution in [3.8, 4) is 5.75 Å². The fraction of sp³-hybridized carbons (Fsp3) is 0.409. The first-order valence-corrected chi connectivity index (χ1v) is 11.4. The third-order valence-electron chi connectivity index (χ3n) is 5.08. The fourth-order valence-electron chi connectivity index (χ4n) is 3.40. The number of rotatable bonds is 8. The Labute approximate surface area is 174 Å². The first kappa shape index (κ1) is 21.6. The van der Waals surface area contributed by atoms with Crippen molar-refractivity contribution in [1.82, 2.24) is 4.90 Å². The first-order chi connectivity index (χ1) is 14.1. The predicted octanol–water partition coefficient (Wildman–Crippen LogP) is 3.54. The monoisotopic (exact) mass is 416 g/mol. The normalized spacial score (nSPS) is 15.3. The Morgan fingerprint density at radius 1 is 1.03 bits per heavy atom. The van der Waals surface area contributed by atoms with Crippen LogP contribution in [-0.2, 0) is 10.9 Å². The standard InChI is InChI=1S/C22H29N2O4P/c1-3-28-29(26)17-12-18-4-6-19(7-5-18)22(25)24-15-13-23(14-16-24)20-8-10-21(27-2)11-9-20/h4-11,26H,3,12-17H2,1-2H3. The average molecular weight is 416 g/mol. The number of hydrogen-bond donors (Lipinski definition) is 1. The summed E-state index contributed by atoms with van der Waals surface area (Å²) in [5.74, 6) is 0.921. The minimum Gasteiger partial charge on any atom is -0.497 e. The molecule has 3 rings (SSSR count). The van der Waals surface area contributed by atoms with E-state index in [2.05, 4.69) is 17.0 Å². The van der Waals surface area contributed by atoms with Gasteiger partial charge in [0.05, 0.1) is 13.7 Å². The van der Waals surface area contributed by atoms with Crippen molar-refractivity contribution in [2.45, 2.75) is 13.3 Å². The number of aryl methyl sites for hydroxylation is 1. The molecule has 0 aromatic heterocycles. The van der Waals surface area contributed by atoms with E-state index in [1.165, 1.54) is 0 Å². The summed E-state index contributed by atoms with van der Waals surface area (Å²) in [6, 6.07) is 15.7. The largest absolute Gasteiger partial charge is 0.497 e. The second-order valence-corrected chi connectivity index (χ2v) is 8.33. The highest BCUT2D eigenvalue weighted by Gasteiger charge is 2.22. The molecule has 1 heterocycles. The molecule has 1 atom stereocenters. The Kier molecular flexibility index (Phi) is 7.87. The van der Waals surface area contributed by atoms with Crippen molar-refractivity contribution in [3.63, 3.8) is 0 Å². The van der Waals surface area contributed by atoms with Crippen LogP contribution in [0.4, 0.5) is 5.69 Å². The van der Waals surface area contributed by atoms with Gasteiger partial charge in [0, 0.05) is 43.6 Å². The summed E-state index contributed by atoms with van der Waals surface area (Å²) in [6.07, 6.45) is 1.36. The predicted molar refractivity (Wildman–Crippen MR) is 117 cm³/mol. The molecule has 1 aliphatic rings. The lowest BCUT2D eigenvalue weighted by Crippen LogP contribution is -2.48. The number of anilines is 1. The molecule has 156 valence electrons. The Balaban J connectivity index is 1.50. The minimum atomic E-state index is -1.35. The van der Waals surface area contributed by atoms with Gasteiger partial charge in [-0.2, -0.15) is 0 Å².